The lowest BCUT2D eigenvalue weighted by molar-refractivity contribution is 0.608. The summed E-state index contributed by atoms with van der Waals surface area (Å²) >= 11 is 0. The van der Waals surface area contributed by atoms with Crippen LogP contribution in [0.15, 0.2) is 47.7 Å². The summed E-state index contributed by atoms with van der Waals surface area (Å²) in [7, 11) is 0. The van der Waals surface area contributed by atoms with E-state index < -0.39 is 0 Å². The molecule has 2 aromatic rings. The maximum absolute atomic E-state index is 14.1. The van der Waals surface area contributed by atoms with Gasteiger partial charge in [0.05, 0.1) is 6.54 Å². The summed E-state index contributed by atoms with van der Waals surface area (Å²) in [6.45, 7) is 1.59. The minimum absolute atomic E-state index is 0.164. The van der Waals surface area contributed by atoms with E-state index in [9.17, 15) is 4.39 Å². The first-order chi connectivity index (χ1) is 9.84. The predicted octanol–water partition coefficient (Wildman–Crippen LogP) is 2.36. The molecule has 4 heteroatoms. The number of pyridine rings is 1. The summed E-state index contributed by atoms with van der Waals surface area (Å²) in [4.78, 5) is 8.48. The molecule has 1 N–H and O–H groups in total. The monoisotopic (exact) mass is 269 g/mol. The second kappa shape index (κ2) is 5.82. The Hall–Kier alpha value is -2.23. The highest BCUT2D eigenvalue weighted by Gasteiger charge is 2.15. The summed E-state index contributed by atoms with van der Waals surface area (Å²) in [6, 6.07) is 9.09. The Morgan fingerprint density at radius 1 is 1.15 bits per heavy atom. The molecule has 3 rings (SSSR count). The second-order valence-corrected chi connectivity index (χ2v) is 4.78. The molecule has 0 saturated heterocycles. The van der Waals surface area contributed by atoms with Gasteiger partial charge in [-0.05, 0) is 36.1 Å². The van der Waals surface area contributed by atoms with Gasteiger partial charge in [0.1, 0.15) is 11.7 Å². The minimum atomic E-state index is -0.164. The molecule has 0 radical (unpaired) electrons. The van der Waals surface area contributed by atoms with Crippen LogP contribution in [0.3, 0.4) is 0 Å². The van der Waals surface area contributed by atoms with E-state index in [2.05, 4.69) is 15.3 Å². The number of hydrogen-bond donors (Lipinski definition) is 1. The van der Waals surface area contributed by atoms with Crippen LogP contribution in [0.5, 0.6) is 0 Å². The Morgan fingerprint density at radius 2 is 2.10 bits per heavy atom. The standard InChI is InChI=1S/C16H16FN3/c17-15-5-1-4-14(16-19-9-10-20-16)13(15)7-6-12-3-2-8-18-11-12/h1-5,8,11H,6-7,9-10H2,(H,19,20). The number of rotatable bonds is 4. The third-order valence-corrected chi connectivity index (χ3v) is 3.43. The third kappa shape index (κ3) is 2.69. The minimum Gasteiger partial charge on any atom is -0.368 e. The molecule has 0 unspecified atom stereocenters. The Labute approximate surface area is 117 Å². The van der Waals surface area contributed by atoms with Gasteiger partial charge in [0.15, 0.2) is 0 Å². The fourth-order valence-corrected chi connectivity index (χ4v) is 2.43. The van der Waals surface area contributed by atoms with Gasteiger partial charge in [-0.15, -0.1) is 0 Å². The van der Waals surface area contributed by atoms with Crippen LogP contribution in [0.1, 0.15) is 16.7 Å². The molecule has 0 bridgehead atoms. The van der Waals surface area contributed by atoms with Gasteiger partial charge in [0.2, 0.25) is 0 Å². The van der Waals surface area contributed by atoms with Crippen molar-refractivity contribution in [2.45, 2.75) is 12.8 Å². The Morgan fingerprint density at radius 3 is 2.85 bits per heavy atom. The highest BCUT2D eigenvalue weighted by Crippen LogP contribution is 2.17. The van der Waals surface area contributed by atoms with Crippen molar-refractivity contribution in [1.82, 2.24) is 10.3 Å². The van der Waals surface area contributed by atoms with Crippen LogP contribution in [-0.2, 0) is 12.8 Å². The fraction of sp³-hybridized carbons (Fsp3) is 0.250. The molecule has 3 nitrogen and oxygen atoms in total. The summed E-state index contributed by atoms with van der Waals surface area (Å²) in [6.07, 6.45) is 4.99. The van der Waals surface area contributed by atoms with Crippen molar-refractivity contribution in [3.05, 3.63) is 65.2 Å². The van der Waals surface area contributed by atoms with Gasteiger partial charge in [-0.3, -0.25) is 9.98 Å². The van der Waals surface area contributed by atoms with E-state index in [-0.39, 0.29) is 5.82 Å². The molecule has 0 spiro atoms. The molecule has 1 aliphatic heterocycles. The van der Waals surface area contributed by atoms with E-state index in [0.717, 1.165) is 42.0 Å². The van der Waals surface area contributed by atoms with E-state index in [1.807, 2.05) is 24.4 Å². The quantitative estimate of drug-likeness (QED) is 0.925. The molecule has 0 atom stereocenters. The molecule has 0 amide bonds. The average molecular weight is 269 g/mol. The number of aliphatic imine (C=N–C) groups is 1. The largest absolute Gasteiger partial charge is 0.368 e. The van der Waals surface area contributed by atoms with Crippen molar-refractivity contribution in [3.63, 3.8) is 0 Å². The van der Waals surface area contributed by atoms with Crippen LogP contribution in [0, 0.1) is 5.82 Å². The molecule has 102 valence electrons. The lowest BCUT2D eigenvalue weighted by atomic mass is 9.99. The van der Waals surface area contributed by atoms with Gasteiger partial charge < -0.3 is 5.32 Å². The Balaban J connectivity index is 1.85. The summed E-state index contributed by atoms with van der Waals surface area (Å²) < 4.78 is 14.1. The molecule has 1 aromatic carbocycles. The molecular weight excluding hydrogens is 253 g/mol. The van der Waals surface area contributed by atoms with Gasteiger partial charge in [-0.2, -0.15) is 0 Å². The van der Waals surface area contributed by atoms with Crippen molar-refractivity contribution in [2.24, 2.45) is 4.99 Å². The summed E-state index contributed by atoms with van der Waals surface area (Å²) in [5, 5.41) is 3.21. The smallest absolute Gasteiger partial charge is 0.128 e. The van der Waals surface area contributed by atoms with Crippen LogP contribution in [0.2, 0.25) is 0 Å². The Bertz CT molecular complexity index is 623. The topological polar surface area (TPSA) is 37.3 Å². The maximum atomic E-state index is 14.1. The van der Waals surface area contributed by atoms with E-state index in [1.165, 1.54) is 6.07 Å². The molecule has 2 heterocycles. The van der Waals surface area contributed by atoms with Crippen molar-refractivity contribution in [1.29, 1.82) is 0 Å². The van der Waals surface area contributed by atoms with Crippen LogP contribution < -0.4 is 5.32 Å². The number of nitrogens with zero attached hydrogens (tertiary/aromatic N) is 2. The second-order valence-electron chi connectivity index (χ2n) is 4.78. The lowest BCUT2D eigenvalue weighted by Gasteiger charge is -2.11. The van der Waals surface area contributed by atoms with Gasteiger partial charge >= 0.3 is 0 Å². The number of aryl methyl sites for hydroxylation is 1. The van der Waals surface area contributed by atoms with Gasteiger partial charge in [-0.1, -0.05) is 18.2 Å². The summed E-state index contributed by atoms with van der Waals surface area (Å²) in [5.41, 5.74) is 2.72. The van der Waals surface area contributed by atoms with Crippen molar-refractivity contribution in [2.75, 3.05) is 13.1 Å². The predicted molar refractivity (Wildman–Crippen MR) is 77.5 cm³/mol. The van der Waals surface area contributed by atoms with Gasteiger partial charge in [0, 0.05) is 24.5 Å². The Kier molecular flexibility index (Phi) is 3.72. The molecule has 0 aliphatic carbocycles. The van der Waals surface area contributed by atoms with Crippen molar-refractivity contribution >= 4 is 5.84 Å². The van der Waals surface area contributed by atoms with Gasteiger partial charge in [0.25, 0.3) is 0 Å². The highest BCUT2D eigenvalue weighted by atomic mass is 19.1. The van der Waals surface area contributed by atoms with Crippen molar-refractivity contribution < 1.29 is 4.39 Å². The highest BCUT2D eigenvalue weighted by molar-refractivity contribution is 6.01. The molecule has 20 heavy (non-hydrogen) atoms. The van der Waals surface area contributed by atoms with E-state index in [0.29, 0.717) is 6.42 Å². The lowest BCUT2D eigenvalue weighted by Crippen LogP contribution is -2.21. The SMILES string of the molecule is Fc1cccc(C2=NCCN2)c1CCc1cccnc1. The first kappa shape index (κ1) is 12.8. The number of hydrogen-bond acceptors (Lipinski definition) is 3. The van der Waals surface area contributed by atoms with Crippen molar-refractivity contribution in [3.8, 4) is 0 Å². The first-order valence-electron chi connectivity index (χ1n) is 6.79. The molecular formula is C16H16FN3. The van der Waals surface area contributed by atoms with E-state index >= 15 is 0 Å². The van der Waals surface area contributed by atoms with Crippen LogP contribution in [-0.4, -0.2) is 23.9 Å². The number of aromatic nitrogens is 1. The van der Waals surface area contributed by atoms with Crippen LogP contribution >= 0.6 is 0 Å². The zero-order valence-electron chi connectivity index (χ0n) is 11.1. The molecule has 0 saturated carbocycles. The third-order valence-electron chi connectivity index (χ3n) is 3.43. The molecule has 1 aliphatic rings. The van der Waals surface area contributed by atoms with Gasteiger partial charge in [-0.25, -0.2) is 4.39 Å². The average Bonchev–Trinajstić information content (AvgIpc) is 3.01. The van der Waals surface area contributed by atoms with E-state index in [4.69, 9.17) is 0 Å². The normalized spacial score (nSPS) is 13.9. The fourth-order valence-electron chi connectivity index (χ4n) is 2.43. The zero-order valence-corrected chi connectivity index (χ0v) is 11.1. The summed E-state index contributed by atoms with van der Waals surface area (Å²) in [5.74, 6) is 0.647. The zero-order chi connectivity index (χ0) is 13.8. The number of nitrogens with one attached hydrogen (secondary N) is 1. The molecule has 1 aromatic heterocycles. The van der Waals surface area contributed by atoms with E-state index in [1.54, 1.807) is 12.3 Å². The molecule has 0 fully saturated rings. The number of amidine groups is 1. The first-order valence-corrected chi connectivity index (χ1v) is 6.79. The van der Waals surface area contributed by atoms with Crippen LogP contribution in [0.25, 0.3) is 0 Å². The number of benzene rings is 1. The van der Waals surface area contributed by atoms with Crippen LogP contribution in [0.4, 0.5) is 4.39 Å². The number of halogens is 1. The maximum Gasteiger partial charge on any atom is 0.128 e.